The Morgan fingerprint density at radius 1 is 1.22 bits per heavy atom. The molecule has 3 rings (SSSR count). The molecule has 0 aromatic heterocycles. The second-order valence-corrected chi connectivity index (χ2v) is 5.47. The molecule has 1 aliphatic heterocycles. The number of carbonyl (C=O) groups is 1. The van der Waals surface area contributed by atoms with Gasteiger partial charge < -0.3 is 20.1 Å². The average Bonchev–Trinajstić information content (AvgIpc) is 3.01. The third kappa shape index (κ3) is 3.94. The highest BCUT2D eigenvalue weighted by Gasteiger charge is 2.21. The van der Waals surface area contributed by atoms with Crippen LogP contribution < -0.4 is 15.4 Å². The number of rotatable bonds is 5. The van der Waals surface area contributed by atoms with Gasteiger partial charge >= 0.3 is 6.09 Å². The molecule has 0 saturated carbocycles. The molecule has 1 atom stereocenters. The molecule has 2 N–H and O–H groups in total. The van der Waals surface area contributed by atoms with Crippen molar-refractivity contribution in [2.45, 2.75) is 19.1 Å². The predicted octanol–water partition coefficient (Wildman–Crippen LogP) is 2.96. The van der Waals surface area contributed by atoms with Crippen molar-refractivity contribution in [1.29, 1.82) is 0 Å². The van der Waals surface area contributed by atoms with Gasteiger partial charge in [-0.15, -0.1) is 0 Å². The van der Waals surface area contributed by atoms with Crippen LogP contribution >= 0.6 is 0 Å². The van der Waals surface area contributed by atoms with E-state index in [-0.39, 0.29) is 6.10 Å². The van der Waals surface area contributed by atoms with Gasteiger partial charge in [0.2, 0.25) is 0 Å². The Balaban J connectivity index is 1.47. The lowest BCUT2D eigenvalue weighted by Gasteiger charge is -2.13. The van der Waals surface area contributed by atoms with Gasteiger partial charge in [-0.2, -0.15) is 0 Å². The Hall–Kier alpha value is -2.69. The van der Waals surface area contributed by atoms with Crippen LogP contribution in [0.3, 0.4) is 0 Å². The van der Waals surface area contributed by atoms with Crippen LogP contribution in [-0.2, 0) is 17.7 Å². The Kier molecular flexibility index (Phi) is 4.66. The number of fused-ring (bicyclic) bond motifs is 1. The van der Waals surface area contributed by atoms with Crippen LogP contribution in [0, 0.1) is 0 Å². The summed E-state index contributed by atoms with van der Waals surface area (Å²) < 4.78 is 10.4. The fourth-order valence-corrected chi connectivity index (χ4v) is 2.59. The van der Waals surface area contributed by atoms with Crippen molar-refractivity contribution in [3.8, 4) is 5.75 Å². The molecule has 5 nitrogen and oxygen atoms in total. The molecule has 5 heteroatoms. The van der Waals surface area contributed by atoms with Crippen molar-refractivity contribution in [2.75, 3.05) is 19.0 Å². The first-order chi connectivity index (χ1) is 11.2. The van der Waals surface area contributed by atoms with E-state index >= 15 is 0 Å². The molecule has 1 aliphatic rings. The molecule has 0 aliphatic carbocycles. The summed E-state index contributed by atoms with van der Waals surface area (Å²) in [5.74, 6) is 0.989. The lowest BCUT2D eigenvalue weighted by Crippen LogP contribution is -2.24. The molecule has 23 heavy (non-hydrogen) atoms. The third-order valence-electron chi connectivity index (χ3n) is 3.82. The smallest absolute Gasteiger partial charge is 0.407 e. The molecular formula is C18H20N2O3. The number of ether oxygens (including phenoxy) is 2. The fourth-order valence-electron chi connectivity index (χ4n) is 2.59. The van der Waals surface area contributed by atoms with Crippen LogP contribution in [0.25, 0.3) is 0 Å². The number of hydrogen-bond donors (Lipinski definition) is 2. The summed E-state index contributed by atoms with van der Waals surface area (Å²) in [6.45, 7) is 1.21. The molecule has 0 fully saturated rings. The Bertz CT molecular complexity index is 645. The second kappa shape index (κ2) is 7.05. The largest absolute Gasteiger partial charge is 0.488 e. The minimum atomic E-state index is -0.426. The molecule has 2 aromatic rings. The zero-order chi connectivity index (χ0) is 16.1. The zero-order valence-electron chi connectivity index (χ0n) is 13.0. The van der Waals surface area contributed by atoms with Gasteiger partial charge in [-0.05, 0) is 29.3 Å². The van der Waals surface area contributed by atoms with E-state index in [0.29, 0.717) is 6.54 Å². The van der Waals surface area contributed by atoms with Crippen molar-refractivity contribution in [1.82, 2.24) is 5.32 Å². The van der Waals surface area contributed by atoms with E-state index < -0.39 is 6.09 Å². The van der Waals surface area contributed by atoms with Gasteiger partial charge in [0.1, 0.15) is 11.9 Å². The highest BCUT2D eigenvalue weighted by atomic mass is 16.5. The summed E-state index contributed by atoms with van der Waals surface area (Å²) in [6, 6.07) is 16.1. The van der Waals surface area contributed by atoms with Crippen LogP contribution in [0.5, 0.6) is 5.75 Å². The second-order valence-electron chi connectivity index (χ2n) is 5.47. The summed E-state index contributed by atoms with van der Waals surface area (Å²) in [5, 5.41) is 6.04. The minimum absolute atomic E-state index is 0.160. The van der Waals surface area contributed by atoms with Crippen LogP contribution in [-0.4, -0.2) is 25.9 Å². The summed E-state index contributed by atoms with van der Waals surface area (Å²) >= 11 is 0. The van der Waals surface area contributed by atoms with Gasteiger partial charge in [0.25, 0.3) is 0 Å². The lowest BCUT2D eigenvalue weighted by atomic mass is 10.1. The number of nitrogens with one attached hydrogen (secondary N) is 2. The average molecular weight is 312 g/mol. The SMILES string of the molecule is COC(=O)NCc1ccc(NCC2Cc3ccccc3O2)cc1. The molecule has 120 valence electrons. The van der Waals surface area contributed by atoms with Gasteiger partial charge in [0, 0.05) is 18.7 Å². The highest BCUT2D eigenvalue weighted by Crippen LogP contribution is 2.28. The van der Waals surface area contributed by atoms with Crippen molar-refractivity contribution in [2.24, 2.45) is 0 Å². The first-order valence-electron chi connectivity index (χ1n) is 7.64. The number of benzene rings is 2. The first-order valence-corrected chi connectivity index (χ1v) is 7.64. The monoisotopic (exact) mass is 312 g/mol. The number of anilines is 1. The topological polar surface area (TPSA) is 59.6 Å². The summed E-state index contributed by atoms with van der Waals surface area (Å²) in [7, 11) is 1.35. The normalized spacial score (nSPS) is 15.4. The quantitative estimate of drug-likeness (QED) is 0.891. The van der Waals surface area contributed by atoms with Crippen LogP contribution in [0.15, 0.2) is 48.5 Å². The van der Waals surface area contributed by atoms with E-state index in [9.17, 15) is 4.79 Å². The van der Waals surface area contributed by atoms with Gasteiger partial charge in [0.15, 0.2) is 0 Å². The van der Waals surface area contributed by atoms with Crippen molar-refractivity contribution < 1.29 is 14.3 Å². The van der Waals surface area contributed by atoms with Crippen molar-refractivity contribution in [3.63, 3.8) is 0 Å². The number of para-hydroxylation sites is 1. The maximum Gasteiger partial charge on any atom is 0.407 e. The molecule has 0 saturated heterocycles. The molecule has 0 bridgehead atoms. The molecule has 0 spiro atoms. The minimum Gasteiger partial charge on any atom is -0.488 e. The van der Waals surface area contributed by atoms with E-state index in [2.05, 4.69) is 21.4 Å². The van der Waals surface area contributed by atoms with Gasteiger partial charge in [-0.25, -0.2) is 4.79 Å². The molecule has 0 radical (unpaired) electrons. The van der Waals surface area contributed by atoms with E-state index in [1.807, 2.05) is 42.5 Å². The fraction of sp³-hybridized carbons (Fsp3) is 0.278. The molecule has 1 amide bonds. The van der Waals surface area contributed by atoms with Crippen LogP contribution in [0.1, 0.15) is 11.1 Å². The Labute approximate surface area is 135 Å². The molecule has 1 heterocycles. The molecule has 2 aromatic carbocycles. The van der Waals surface area contributed by atoms with Gasteiger partial charge in [0.05, 0.1) is 13.7 Å². The summed E-state index contributed by atoms with van der Waals surface area (Å²) in [6.07, 6.45) is 0.669. The van der Waals surface area contributed by atoms with E-state index in [1.54, 1.807) is 0 Å². The highest BCUT2D eigenvalue weighted by molar-refractivity contribution is 5.66. The maximum atomic E-state index is 11.0. The van der Waals surface area contributed by atoms with E-state index in [4.69, 9.17) is 4.74 Å². The number of carbonyl (C=O) groups excluding carboxylic acids is 1. The van der Waals surface area contributed by atoms with Crippen LogP contribution in [0.2, 0.25) is 0 Å². The Morgan fingerprint density at radius 2 is 2.00 bits per heavy atom. The molecule has 1 unspecified atom stereocenters. The Morgan fingerprint density at radius 3 is 2.74 bits per heavy atom. The standard InChI is InChI=1S/C18H20N2O3/c1-22-18(21)20-11-13-6-8-15(9-7-13)19-12-16-10-14-4-2-3-5-17(14)23-16/h2-9,16,19H,10-12H2,1H3,(H,20,21). The van der Waals surface area contributed by atoms with E-state index in [1.165, 1.54) is 12.7 Å². The molecular weight excluding hydrogens is 292 g/mol. The lowest BCUT2D eigenvalue weighted by molar-refractivity contribution is 0.170. The van der Waals surface area contributed by atoms with Crippen molar-refractivity contribution >= 4 is 11.8 Å². The number of hydrogen-bond acceptors (Lipinski definition) is 4. The van der Waals surface area contributed by atoms with Crippen LogP contribution in [0.4, 0.5) is 10.5 Å². The number of methoxy groups -OCH3 is 1. The van der Waals surface area contributed by atoms with E-state index in [0.717, 1.165) is 30.0 Å². The maximum absolute atomic E-state index is 11.0. The zero-order valence-corrected chi connectivity index (χ0v) is 13.0. The summed E-state index contributed by atoms with van der Waals surface area (Å²) in [4.78, 5) is 11.0. The third-order valence-corrected chi connectivity index (χ3v) is 3.82. The van der Waals surface area contributed by atoms with Gasteiger partial charge in [-0.1, -0.05) is 30.3 Å². The predicted molar refractivity (Wildman–Crippen MR) is 88.7 cm³/mol. The summed E-state index contributed by atoms with van der Waals surface area (Å²) in [5.41, 5.74) is 3.32. The first kappa shape index (κ1) is 15.2. The number of amides is 1. The van der Waals surface area contributed by atoms with Crippen molar-refractivity contribution in [3.05, 3.63) is 59.7 Å². The van der Waals surface area contributed by atoms with Gasteiger partial charge in [-0.3, -0.25) is 0 Å². The number of alkyl carbamates (subject to hydrolysis) is 1.